The molecule has 0 fully saturated rings. The third-order valence-electron chi connectivity index (χ3n) is 3.96. The van der Waals surface area contributed by atoms with E-state index in [9.17, 15) is 0 Å². The van der Waals surface area contributed by atoms with Crippen molar-refractivity contribution in [3.05, 3.63) is 66.0 Å². The summed E-state index contributed by atoms with van der Waals surface area (Å²) in [4.78, 5) is 0. The number of hydrogen-bond acceptors (Lipinski definition) is 5. The summed E-state index contributed by atoms with van der Waals surface area (Å²) in [6.45, 7) is 3.59. The monoisotopic (exact) mass is 369 g/mol. The molecule has 0 saturated heterocycles. The summed E-state index contributed by atoms with van der Waals surface area (Å²) in [7, 11) is 1.66. The zero-order chi connectivity index (χ0) is 18.2. The fourth-order valence-corrected chi connectivity index (χ4v) is 3.46. The van der Waals surface area contributed by atoms with E-state index in [0.717, 1.165) is 41.2 Å². The van der Waals surface area contributed by atoms with Crippen LogP contribution in [0.2, 0.25) is 0 Å². The van der Waals surface area contributed by atoms with Crippen LogP contribution in [0.15, 0.2) is 59.8 Å². The highest BCUT2D eigenvalue weighted by molar-refractivity contribution is 7.99. The highest BCUT2D eigenvalue weighted by atomic mass is 32.2. The van der Waals surface area contributed by atoms with Crippen LogP contribution in [0.3, 0.4) is 0 Å². The molecule has 0 aliphatic rings. The first-order chi connectivity index (χ1) is 12.8. The lowest BCUT2D eigenvalue weighted by atomic mass is 10.1. The maximum Gasteiger partial charge on any atom is 0.191 e. The second kappa shape index (κ2) is 9.29. The van der Waals surface area contributed by atoms with Gasteiger partial charge in [0.15, 0.2) is 5.16 Å². The largest absolute Gasteiger partial charge is 0.497 e. The molecule has 0 spiro atoms. The summed E-state index contributed by atoms with van der Waals surface area (Å²) in [5.74, 6) is 3.48. The van der Waals surface area contributed by atoms with Crippen LogP contribution >= 0.6 is 11.8 Å². The summed E-state index contributed by atoms with van der Waals surface area (Å²) < 4.78 is 13.1. The maximum absolute atomic E-state index is 5.77. The fraction of sp³-hybridized carbons (Fsp3) is 0.300. The lowest BCUT2D eigenvalue weighted by Crippen LogP contribution is -2.06. The van der Waals surface area contributed by atoms with Gasteiger partial charge in [0.1, 0.15) is 17.3 Å². The molecule has 3 aromatic rings. The van der Waals surface area contributed by atoms with E-state index in [4.69, 9.17) is 9.47 Å². The van der Waals surface area contributed by atoms with E-state index >= 15 is 0 Å². The molecule has 1 aromatic heterocycles. The third-order valence-corrected chi connectivity index (χ3v) is 4.89. The van der Waals surface area contributed by atoms with E-state index < -0.39 is 0 Å². The van der Waals surface area contributed by atoms with Crippen LogP contribution in [0.25, 0.3) is 0 Å². The van der Waals surface area contributed by atoms with Crippen LogP contribution in [0.5, 0.6) is 11.5 Å². The lowest BCUT2D eigenvalue weighted by Gasteiger charge is -2.09. The Hall–Kier alpha value is -2.47. The number of benzene rings is 2. The van der Waals surface area contributed by atoms with E-state index in [2.05, 4.69) is 33.8 Å². The van der Waals surface area contributed by atoms with Crippen molar-refractivity contribution in [1.29, 1.82) is 0 Å². The highest BCUT2D eigenvalue weighted by Crippen LogP contribution is 2.20. The third kappa shape index (κ3) is 4.79. The van der Waals surface area contributed by atoms with Gasteiger partial charge in [-0.15, -0.1) is 10.2 Å². The first-order valence-electron chi connectivity index (χ1n) is 8.65. The molecule has 1 heterocycles. The zero-order valence-corrected chi connectivity index (χ0v) is 15.9. The predicted octanol–water partition coefficient (Wildman–Crippen LogP) is 4.07. The van der Waals surface area contributed by atoms with Crippen molar-refractivity contribution in [2.24, 2.45) is 0 Å². The van der Waals surface area contributed by atoms with Crippen LogP contribution < -0.4 is 9.47 Å². The molecule has 0 unspecified atom stereocenters. The maximum atomic E-state index is 5.77. The van der Waals surface area contributed by atoms with Gasteiger partial charge in [0.2, 0.25) is 0 Å². The Morgan fingerprint density at radius 1 is 0.962 bits per heavy atom. The summed E-state index contributed by atoms with van der Waals surface area (Å²) >= 11 is 1.67. The van der Waals surface area contributed by atoms with Crippen molar-refractivity contribution in [2.75, 3.05) is 19.5 Å². The number of methoxy groups -OCH3 is 1. The van der Waals surface area contributed by atoms with Crippen LogP contribution in [-0.2, 0) is 13.0 Å². The van der Waals surface area contributed by atoms with Gasteiger partial charge < -0.3 is 14.0 Å². The van der Waals surface area contributed by atoms with E-state index in [1.165, 1.54) is 5.56 Å². The SMILES string of the molecule is CCn1c(Cc2ccccc2)nnc1SCCOc1ccc(OC)cc1. The van der Waals surface area contributed by atoms with E-state index in [1.807, 2.05) is 42.5 Å². The second-order valence-electron chi connectivity index (χ2n) is 5.68. The van der Waals surface area contributed by atoms with Crippen molar-refractivity contribution in [1.82, 2.24) is 14.8 Å². The molecule has 6 heteroatoms. The average molecular weight is 369 g/mol. The summed E-state index contributed by atoms with van der Waals surface area (Å²) in [5, 5.41) is 9.67. The van der Waals surface area contributed by atoms with Crippen molar-refractivity contribution in [2.45, 2.75) is 25.0 Å². The van der Waals surface area contributed by atoms with Gasteiger partial charge in [0, 0.05) is 18.7 Å². The standard InChI is InChI=1S/C20H23N3O2S/c1-3-23-19(15-16-7-5-4-6-8-16)21-22-20(23)26-14-13-25-18-11-9-17(24-2)10-12-18/h4-12H,3,13-15H2,1-2H3. The molecular weight excluding hydrogens is 346 g/mol. The number of ether oxygens (including phenoxy) is 2. The van der Waals surface area contributed by atoms with Gasteiger partial charge in [-0.1, -0.05) is 42.1 Å². The first kappa shape index (κ1) is 18.3. The Morgan fingerprint density at radius 2 is 1.69 bits per heavy atom. The predicted molar refractivity (Wildman–Crippen MR) is 104 cm³/mol. The molecule has 136 valence electrons. The number of nitrogens with zero attached hydrogens (tertiary/aromatic N) is 3. The molecular formula is C20H23N3O2S. The van der Waals surface area contributed by atoms with Crippen LogP contribution in [0, 0.1) is 0 Å². The van der Waals surface area contributed by atoms with Gasteiger partial charge in [-0.25, -0.2) is 0 Å². The normalized spacial score (nSPS) is 10.7. The Morgan fingerprint density at radius 3 is 2.38 bits per heavy atom. The van der Waals surface area contributed by atoms with Crippen LogP contribution in [0.4, 0.5) is 0 Å². The Kier molecular flexibility index (Phi) is 6.55. The average Bonchev–Trinajstić information content (AvgIpc) is 3.08. The summed E-state index contributed by atoms with van der Waals surface area (Å²) in [6.07, 6.45) is 0.796. The summed E-state index contributed by atoms with van der Waals surface area (Å²) in [5.41, 5.74) is 1.24. The van der Waals surface area contributed by atoms with Crippen molar-refractivity contribution in [3.63, 3.8) is 0 Å². The van der Waals surface area contributed by atoms with E-state index in [-0.39, 0.29) is 0 Å². The van der Waals surface area contributed by atoms with E-state index in [0.29, 0.717) is 6.61 Å². The van der Waals surface area contributed by atoms with Gasteiger partial charge >= 0.3 is 0 Å². The van der Waals surface area contributed by atoms with Gasteiger partial charge in [-0.2, -0.15) is 0 Å². The molecule has 0 bridgehead atoms. The molecule has 0 amide bonds. The summed E-state index contributed by atoms with van der Waals surface area (Å²) in [6, 6.07) is 18.0. The molecule has 0 aliphatic heterocycles. The Labute approximate surface area is 158 Å². The van der Waals surface area contributed by atoms with Crippen LogP contribution in [-0.4, -0.2) is 34.2 Å². The van der Waals surface area contributed by atoms with Crippen molar-refractivity contribution in [3.8, 4) is 11.5 Å². The van der Waals surface area contributed by atoms with Gasteiger partial charge in [-0.05, 0) is 36.8 Å². The molecule has 5 nitrogen and oxygen atoms in total. The van der Waals surface area contributed by atoms with Gasteiger partial charge in [0.05, 0.1) is 13.7 Å². The van der Waals surface area contributed by atoms with Crippen LogP contribution in [0.1, 0.15) is 18.3 Å². The molecule has 0 radical (unpaired) electrons. The molecule has 0 N–H and O–H groups in total. The molecule has 0 saturated carbocycles. The quantitative estimate of drug-likeness (QED) is 0.420. The van der Waals surface area contributed by atoms with Crippen molar-refractivity contribution < 1.29 is 9.47 Å². The zero-order valence-electron chi connectivity index (χ0n) is 15.1. The molecule has 2 aromatic carbocycles. The minimum atomic E-state index is 0.613. The highest BCUT2D eigenvalue weighted by Gasteiger charge is 2.11. The van der Waals surface area contributed by atoms with Gasteiger partial charge in [0.25, 0.3) is 0 Å². The minimum Gasteiger partial charge on any atom is -0.497 e. The van der Waals surface area contributed by atoms with Crippen molar-refractivity contribution >= 4 is 11.8 Å². The Balaban J connectivity index is 1.53. The lowest BCUT2D eigenvalue weighted by molar-refractivity contribution is 0.342. The smallest absolute Gasteiger partial charge is 0.191 e. The second-order valence-corrected chi connectivity index (χ2v) is 6.74. The minimum absolute atomic E-state index is 0.613. The fourth-order valence-electron chi connectivity index (χ4n) is 2.62. The number of hydrogen-bond donors (Lipinski definition) is 0. The van der Waals surface area contributed by atoms with Gasteiger partial charge in [-0.3, -0.25) is 0 Å². The molecule has 0 aliphatic carbocycles. The number of aromatic nitrogens is 3. The van der Waals surface area contributed by atoms with E-state index in [1.54, 1.807) is 18.9 Å². The first-order valence-corrected chi connectivity index (χ1v) is 9.64. The number of rotatable bonds is 9. The molecule has 3 rings (SSSR count). The molecule has 0 atom stereocenters. The topological polar surface area (TPSA) is 49.2 Å². The Bertz CT molecular complexity index is 804. The molecule has 26 heavy (non-hydrogen) atoms. The number of thioether (sulfide) groups is 1.